The molecule has 0 saturated heterocycles. The monoisotopic (exact) mass is 401 g/mol. The molecule has 0 unspecified atom stereocenters. The fraction of sp³-hybridized carbons (Fsp3) is 0.300. The van der Waals surface area contributed by atoms with Crippen LogP contribution in [-0.2, 0) is 4.74 Å². The van der Waals surface area contributed by atoms with Crippen molar-refractivity contribution < 1.29 is 27.8 Å². The Morgan fingerprint density at radius 3 is 2.58 bits per heavy atom. The first kappa shape index (κ1) is 16.0. The van der Waals surface area contributed by atoms with Crippen molar-refractivity contribution in [1.82, 2.24) is 4.98 Å². The predicted octanol–water partition coefficient (Wildman–Crippen LogP) is 2.81. The van der Waals surface area contributed by atoms with Crippen LogP contribution in [0.2, 0.25) is 0 Å². The molecule has 0 radical (unpaired) electrons. The van der Waals surface area contributed by atoms with Gasteiger partial charge in [0, 0.05) is 5.56 Å². The Labute approximate surface area is 123 Å². The number of nitrogens with zero attached hydrogens (tertiary/aromatic N) is 1. The normalized spacial score (nSPS) is 10.4. The van der Waals surface area contributed by atoms with E-state index in [-0.39, 0.29) is 15.5 Å². The van der Waals surface area contributed by atoms with Crippen LogP contribution in [0.25, 0.3) is 0 Å². The third kappa shape index (κ3) is 3.93. The second-order valence-corrected chi connectivity index (χ2v) is 4.47. The number of ketones is 1. The highest BCUT2D eigenvalue weighted by Crippen LogP contribution is 2.27. The topological polar surface area (TPSA) is 65.5 Å². The number of rotatable bonds is 5. The van der Waals surface area contributed by atoms with Gasteiger partial charge in [0.1, 0.15) is 10.2 Å². The minimum absolute atomic E-state index is 0.0834. The van der Waals surface area contributed by atoms with Crippen LogP contribution in [0.15, 0.2) is 10.7 Å². The van der Waals surface area contributed by atoms with E-state index in [2.05, 4.69) is 46.3 Å². The zero-order valence-electron chi connectivity index (χ0n) is 9.45. The van der Waals surface area contributed by atoms with Gasteiger partial charge in [-0.25, -0.2) is 9.78 Å². The number of alkyl halides is 3. The van der Waals surface area contributed by atoms with E-state index in [1.165, 1.54) is 6.07 Å². The first-order valence-electron chi connectivity index (χ1n) is 4.73. The molecule has 1 rings (SSSR count). The molecule has 0 saturated carbocycles. The molecule has 0 aliphatic carbocycles. The molecule has 9 heteroatoms. The summed E-state index contributed by atoms with van der Waals surface area (Å²) in [5, 5.41) is -0.0957. The third-order valence-electron chi connectivity index (χ3n) is 1.97. The molecular weight excluding hydrogens is 396 g/mol. The molecule has 1 aromatic heterocycles. The summed E-state index contributed by atoms with van der Waals surface area (Å²) < 4.78 is 33.3. The van der Waals surface area contributed by atoms with Gasteiger partial charge in [-0.2, -0.15) is 8.78 Å². The Balaban J connectivity index is 3.48. The minimum atomic E-state index is -3.18. The number of hydrogen-bond donors (Lipinski definition) is 0. The lowest BCUT2D eigenvalue weighted by molar-refractivity contribution is -0.0535. The van der Waals surface area contributed by atoms with Crippen LogP contribution in [0.3, 0.4) is 0 Å². The van der Waals surface area contributed by atoms with Crippen molar-refractivity contribution in [3.63, 3.8) is 0 Å². The van der Waals surface area contributed by atoms with Crippen molar-refractivity contribution in [3.05, 3.63) is 21.8 Å². The highest BCUT2D eigenvalue weighted by atomic mass is 79.9. The lowest BCUT2D eigenvalue weighted by Crippen LogP contribution is -2.16. The van der Waals surface area contributed by atoms with Crippen LogP contribution in [-0.4, -0.2) is 35.8 Å². The van der Waals surface area contributed by atoms with Crippen molar-refractivity contribution in [1.29, 1.82) is 0 Å². The second kappa shape index (κ2) is 6.90. The fourth-order valence-corrected chi connectivity index (χ4v) is 1.94. The summed E-state index contributed by atoms with van der Waals surface area (Å²) in [4.78, 5) is 26.9. The average molecular weight is 403 g/mol. The van der Waals surface area contributed by atoms with E-state index < -0.39 is 29.8 Å². The number of carbonyl (C=O) groups excluding carboxylic acids is 2. The van der Waals surface area contributed by atoms with Crippen molar-refractivity contribution in [3.8, 4) is 5.88 Å². The van der Waals surface area contributed by atoms with Crippen molar-refractivity contribution in [2.45, 2.75) is 6.61 Å². The van der Waals surface area contributed by atoms with E-state index in [1.807, 2.05) is 0 Å². The van der Waals surface area contributed by atoms with Gasteiger partial charge in [0.25, 0.3) is 0 Å². The van der Waals surface area contributed by atoms with Crippen molar-refractivity contribution >= 4 is 43.6 Å². The molecule has 0 fully saturated rings. The summed E-state index contributed by atoms with van der Waals surface area (Å²) in [5.74, 6) is -2.15. The molecular formula is C10H7Br2F2NO4. The van der Waals surface area contributed by atoms with E-state index in [9.17, 15) is 18.4 Å². The van der Waals surface area contributed by atoms with Crippen molar-refractivity contribution in [2.75, 3.05) is 12.4 Å². The number of methoxy groups -OCH3 is 1. The molecule has 0 aliphatic heterocycles. The van der Waals surface area contributed by atoms with Crippen LogP contribution in [0.1, 0.15) is 20.7 Å². The van der Waals surface area contributed by atoms with Gasteiger partial charge in [0.2, 0.25) is 5.88 Å². The summed E-state index contributed by atoms with van der Waals surface area (Å²) in [6.45, 7) is -3.18. The number of esters is 1. The maximum Gasteiger partial charge on any atom is 0.388 e. The molecule has 1 heterocycles. The lowest BCUT2D eigenvalue weighted by Gasteiger charge is -2.12. The fourth-order valence-electron chi connectivity index (χ4n) is 1.25. The first-order valence-corrected chi connectivity index (χ1v) is 6.65. The highest BCUT2D eigenvalue weighted by Gasteiger charge is 2.26. The molecule has 0 aliphatic rings. The van der Waals surface area contributed by atoms with Crippen LogP contribution in [0.4, 0.5) is 8.78 Å². The number of Topliss-reactive ketones (excluding diaryl/α,β-unsaturated/α-hetero) is 1. The number of halogens is 4. The molecule has 0 atom stereocenters. The van der Waals surface area contributed by atoms with Crippen LogP contribution >= 0.6 is 31.9 Å². The van der Waals surface area contributed by atoms with Gasteiger partial charge in [-0.15, -0.1) is 0 Å². The summed E-state index contributed by atoms with van der Waals surface area (Å²) >= 11 is 5.88. The summed E-state index contributed by atoms with van der Waals surface area (Å²) in [5.41, 5.74) is -0.559. The van der Waals surface area contributed by atoms with E-state index in [4.69, 9.17) is 0 Å². The molecule has 0 amide bonds. The Morgan fingerprint density at radius 1 is 1.47 bits per heavy atom. The zero-order chi connectivity index (χ0) is 14.6. The Bertz CT molecular complexity index is 511. The van der Waals surface area contributed by atoms with Crippen LogP contribution < -0.4 is 4.74 Å². The molecule has 0 aromatic carbocycles. The summed E-state index contributed by atoms with van der Waals surface area (Å²) in [6, 6.07) is 1.23. The van der Waals surface area contributed by atoms with Crippen LogP contribution in [0.5, 0.6) is 5.88 Å². The maximum atomic E-state index is 12.3. The van der Waals surface area contributed by atoms with Gasteiger partial charge in [0.15, 0.2) is 5.78 Å². The number of ether oxygens (including phenoxy) is 2. The number of pyridine rings is 1. The zero-order valence-corrected chi connectivity index (χ0v) is 12.6. The largest absolute Gasteiger partial charge is 0.465 e. The second-order valence-electron chi connectivity index (χ2n) is 3.10. The average Bonchev–Trinajstić information content (AvgIpc) is 2.35. The molecule has 19 heavy (non-hydrogen) atoms. The highest BCUT2D eigenvalue weighted by molar-refractivity contribution is 9.10. The number of aromatic nitrogens is 1. The van der Waals surface area contributed by atoms with Gasteiger partial charge in [-0.05, 0) is 22.0 Å². The lowest BCUT2D eigenvalue weighted by atomic mass is 10.1. The summed E-state index contributed by atoms with van der Waals surface area (Å²) in [6.07, 6.45) is 0. The quantitative estimate of drug-likeness (QED) is 0.328. The SMILES string of the molecule is COC(=O)c1c(C(=O)CBr)cc(Br)nc1OC(F)F. The van der Waals surface area contributed by atoms with E-state index in [1.54, 1.807) is 0 Å². The van der Waals surface area contributed by atoms with E-state index in [0.717, 1.165) is 7.11 Å². The standard InChI is InChI=1S/C10H7Br2F2NO4/c1-18-9(17)7-4(5(16)3-11)2-6(12)15-8(7)19-10(13)14/h2,10H,3H2,1H3. The van der Waals surface area contributed by atoms with Gasteiger partial charge in [-0.1, -0.05) is 15.9 Å². The molecule has 5 nitrogen and oxygen atoms in total. The molecule has 0 spiro atoms. The molecule has 0 bridgehead atoms. The van der Waals surface area contributed by atoms with Crippen LogP contribution in [0, 0.1) is 0 Å². The predicted molar refractivity (Wildman–Crippen MR) is 68.0 cm³/mol. The minimum Gasteiger partial charge on any atom is -0.465 e. The Hall–Kier alpha value is -1.09. The molecule has 104 valence electrons. The molecule has 1 aromatic rings. The maximum absolute atomic E-state index is 12.3. The third-order valence-corrected chi connectivity index (χ3v) is 2.88. The molecule has 0 N–H and O–H groups in total. The van der Waals surface area contributed by atoms with Gasteiger partial charge >= 0.3 is 12.6 Å². The van der Waals surface area contributed by atoms with Gasteiger partial charge < -0.3 is 9.47 Å². The number of hydrogen-bond acceptors (Lipinski definition) is 5. The Morgan fingerprint density at radius 2 is 2.11 bits per heavy atom. The smallest absolute Gasteiger partial charge is 0.388 e. The van der Waals surface area contributed by atoms with Gasteiger partial charge in [0.05, 0.1) is 12.4 Å². The van der Waals surface area contributed by atoms with Crippen molar-refractivity contribution in [2.24, 2.45) is 0 Å². The van der Waals surface area contributed by atoms with Gasteiger partial charge in [-0.3, -0.25) is 4.79 Å². The first-order chi connectivity index (χ1) is 8.90. The number of carbonyl (C=O) groups is 2. The van der Waals surface area contributed by atoms with E-state index >= 15 is 0 Å². The van der Waals surface area contributed by atoms with E-state index in [0.29, 0.717) is 0 Å². The summed E-state index contributed by atoms with van der Waals surface area (Å²) in [7, 11) is 1.05. The Kier molecular flexibility index (Phi) is 5.80.